The minimum atomic E-state index is -0.0568. The number of hydrogen-bond donors (Lipinski definition) is 1. The molecule has 5 nitrogen and oxygen atoms in total. The Morgan fingerprint density at radius 3 is 2.61 bits per heavy atom. The number of aromatic nitrogens is 2. The number of thioether (sulfide) groups is 1. The molecule has 2 aromatic rings. The fraction of sp³-hybridized carbons (Fsp3) is 0.294. The van der Waals surface area contributed by atoms with Crippen LogP contribution in [0.4, 0.5) is 0 Å². The van der Waals surface area contributed by atoms with E-state index >= 15 is 0 Å². The number of hydrogen-bond acceptors (Lipinski definition) is 5. The van der Waals surface area contributed by atoms with Crippen molar-refractivity contribution in [2.24, 2.45) is 0 Å². The molecule has 0 aliphatic rings. The molecule has 0 radical (unpaired) electrons. The number of methoxy groups -OCH3 is 1. The first kappa shape index (κ1) is 17.1. The van der Waals surface area contributed by atoms with Gasteiger partial charge in [-0.05, 0) is 36.9 Å². The molecule has 0 aliphatic heterocycles. The first-order chi connectivity index (χ1) is 11.2. The van der Waals surface area contributed by atoms with Crippen molar-refractivity contribution < 1.29 is 9.53 Å². The summed E-state index contributed by atoms with van der Waals surface area (Å²) in [5.74, 6) is 0.669. The molecule has 2 rings (SSSR count). The van der Waals surface area contributed by atoms with Crippen molar-refractivity contribution in [3.8, 4) is 5.75 Å². The second-order valence-corrected chi connectivity index (χ2v) is 5.65. The van der Waals surface area contributed by atoms with Crippen LogP contribution in [0.5, 0.6) is 5.75 Å². The number of allylic oxidation sites excluding steroid dienone is 1. The van der Waals surface area contributed by atoms with Gasteiger partial charge in [0.05, 0.1) is 18.5 Å². The van der Waals surface area contributed by atoms with Gasteiger partial charge in [0.2, 0.25) is 5.78 Å². The number of rotatable bonds is 8. The van der Waals surface area contributed by atoms with Gasteiger partial charge in [0, 0.05) is 24.5 Å². The zero-order valence-electron chi connectivity index (χ0n) is 13.6. The number of carbonyl (C=O) groups is 1. The van der Waals surface area contributed by atoms with Gasteiger partial charge >= 0.3 is 0 Å². The fourth-order valence-electron chi connectivity index (χ4n) is 2.10. The van der Waals surface area contributed by atoms with Gasteiger partial charge in [0.15, 0.2) is 0 Å². The molecular formula is C17H21N3O2S. The average Bonchev–Trinajstić information content (AvgIpc) is 3.12. The third-order valence-corrected chi connectivity index (χ3v) is 4.03. The van der Waals surface area contributed by atoms with Crippen LogP contribution in [0, 0.1) is 0 Å². The summed E-state index contributed by atoms with van der Waals surface area (Å²) in [6.45, 7) is 2.90. The predicted molar refractivity (Wildman–Crippen MR) is 94.6 cm³/mol. The lowest BCUT2D eigenvalue weighted by atomic mass is 10.1. The van der Waals surface area contributed by atoms with E-state index in [-0.39, 0.29) is 5.78 Å². The van der Waals surface area contributed by atoms with E-state index in [1.54, 1.807) is 54.7 Å². The molecule has 0 saturated carbocycles. The van der Waals surface area contributed by atoms with Crippen LogP contribution in [-0.2, 0) is 0 Å². The number of ether oxygens (including phenoxy) is 1. The zero-order valence-corrected chi connectivity index (χ0v) is 14.4. The van der Waals surface area contributed by atoms with Gasteiger partial charge in [-0.15, -0.1) is 11.8 Å². The second-order valence-electron chi connectivity index (χ2n) is 4.84. The Morgan fingerprint density at radius 1 is 1.35 bits per heavy atom. The number of benzene rings is 1. The van der Waals surface area contributed by atoms with Gasteiger partial charge in [-0.25, -0.2) is 4.98 Å². The molecule has 122 valence electrons. The van der Waals surface area contributed by atoms with Crippen LogP contribution in [-0.4, -0.2) is 35.2 Å². The summed E-state index contributed by atoms with van der Waals surface area (Å²) in [6.07, 6.45) is 8.02. The van der Waals surface area contributed by atoms with Crippen LogP contribution in [0.15, 0.2) is 48.0 Å². The Balaban J connectivity index is 2.43. The highest BCUT2D eigenvalue weighted by Crippen LogP contribution is 2.23. The molecule has 1 heterocycles. The molecule has 1 aromatic carbocycles. The van der Waals surface area contributed by atoms with Gasteiger partial charge in [-0.1, -0.05) is 6.92 Å². The number of nitrogens with zero attached hydrogens (tertiary/aromatic N) is 2. The maximum atomic E-state index is 13.0. The van der Waals surface area contributed by atoms with Crippen LogP contribution in [0.25, 0.3) is 5.70 Å². The van der Waals surface area contributed by atoms with Crippen LogP contribution in [0.2, 0.25) is 0 Å². The summed E-state index contributed by atoms with van der Waals surface area (Å²) >= 11 is 1.52. The van der Waals surface area contributed by atoms with E-state index in [2.05, 4.69) is 17.2 Å². The Hall–Kier alpha value is -2.21. The molecule has 1 N–H and O–H groups in total. The molecule has 0 saturated heterocycles. The third-order valence-electron chi connectivity index (χ3n) is 3.28. The smallest absolute Gasteiger partial charge is 0.212 e. The standard InChI is InChI=1S/C17H21N3O2S/c1-4-9-19-17(23-3)15(20-11-10-18-12-20)16(21)13-5-7-14(22-2)8-6-13/h5-8,10-12,19H,4,9H2,1-3H3. The SMILES string of the molecule is CCCNC(SC)=C(C(=O)c1ccc(OC)cc1)n1ccnc1. The van der Waals surface area contributed by atoms with Crippen molar-refractivity contribution in [3.05, 3.63) is 53.6 Å². The van der Waals surface area contributed by atoms with Crippen molar-refractivity contribution in [1.82, 2.24) is 14.9 Å². The van der Waals surface area contributed by atoms with Gasteiger partial charge in [-0.2, -0.15) is 0 Å². The van der Waals surface area contributed by atoms with Gasteiger partial charge in [0.1, 0.15) is 11.4 Å². The van der Waals surface area contributed by atoms with E-state index in [0.717, 1.165) is 23.7 Å². The highest BCUT2D eigenvalue weighted by Gasteiger charge is 2.19. The minimum absolute atomic E-state index is 0.0568. The first-order valence-corrected chi connectivity index (χ1v) is 8.63. The molecule has 0 bridgehead atoms. The van der Waals surface area contributed by atoms with Crippen LogP contribution >= 0.6 is 11.8 Å². The Bertz CT molecular complexity index is 664. The lowest BCUT2D eigenvalue weighted by Gasteiger charge is -2.15. The summed E-state index contributed by atoms with van der Waals surface area (Å²) in [5, 5.41) is 4.17. The normalized spacial score (nSPS) is 11.8. The van der Waals surface area contributed by atoms with E-state index in [1.807, 2.05) is 6.26 Å². The summed E-state index contributed by atoms with van der Waals surface area (Å²) < 4.78 is 6.90. The molecular weight excluding hydrogens is 310 g/mol. The monoisotopic (exact) mass is 331 g/mol. The molecule has 6 heteroatoms. The van der Waals surface area contributed by atoms with Crippen molar-refractivity contribution in [3.63, 3.8) is 0 Å². The van der Waals surface area contributed by atoms with Crippen LogP contribution in [0.3, 0.4) is 0 Å². The predicted octanol–water partition coefficient (Wildman–Crippen LogP) is 3.26. The summed E-state index contributed by atoms with van der Waals surface area (Å²) in [5.41, 5.74) is 1.19. The molecule has 23 heavy (non-hydrogen) atoms. The Kier molecular flexibility index (Phi) is 6.29. The van der Waals surface area contributed by atoms with E-state index in [0.29, 0.717) is 11.3 Å². The average molecular weight is 331 g/mol. The molecule has 0 spiro atoms. The highest BCUT2D eigenvalue weighted by molar-refractivity contribution is 8.02. The van der Waals surface area contributed by atoms with Gasteiger partial charge in [0.25, 0.3) is 0 Å². The topological polar surface area (TPSA) is 56.1 Å². The summed E-state index contributed by atoms with van der Waals surface area (Å²) in [4.78, 5) is 17.1. The molecule has 0 aliphatic carbocycles. The van der Waals surface area contributed by atoms with E-state index in [4.69, 9.17) is 4.74 Å². The van der Waals surface area contributed by atoms with Gasteiger partial charge in [-0.3, -0.25) is 4.79 Å². The molecule has 0 atom stereocenters. The first-order valence-electron chi connectivity index (χ1n) is 7.40. The third kappa shape index (κ3) is 4.16. The maximum Gasteiger partial charge on any atom is 0.212 e. The fourth-order valence-corrected chi connectivity index (χ4v) is 2.74. The zero-order chi connectivity index (χ0) is 16.7. The van der Waals surface area contributed by atoms with E-state index in [9.17, 15) is 4.79 Å². The van der Waals surface area contributed by atoms with Gasteiger partial charge < -0.3 is 14.6 Å². The molecule has 0 amide bonds. The Morgan fingerprint density at radius 2 is 2.09 bits per heavy atom. The lowest BCUT2D eigenvalue weighted by Crippen LogP contribution is -2.19. The highest BCUT2D eigenvalue weighted by atomic mass is 32.2. The van der Waals surface area contributed by atoms with Crippen molar-refractivity contribution in [2.75, 3.05) is 19.9 Å². The maximum absolute atomic E-state index is 13.0. The number of nitrogens with one attached hydrogen (secondary N) is 1. The number of imidazole rings is 1. The molecule has 1 aromatic heterocycles. The van der Waals surface area contributed by atoms with Crippen molar-refractivity contribution >= 4 is 23.2 Å². The van der Waals surface area contributed by atoms with Crippen molar-refractivity contribution in [2.45, 2.75) is 13.3 Å². The largest absolute Gasteiger partial charge is 0.497 e. The van der Waals surface area contributed by atoms with Crippen LogP contribution < -0.4 is 10.1 Å². The second kappa shape index (κ2) is 8.43. The Labute approximate surface area is 140 Å². The summed E-state index contributed by atoms with van der Waals surface area (Å²) in [7, 11) is 1.61. The minimum Gasteiger partial charge on any atom is -0.497 e. The summed E-state index contributed by atoms with van der Waals surface area (Å²) in [6, 6.07) is 7.12. The molecule has 0 fully saturated rings. The lowest BCUT2D eigenvalue weighted by molar-refractivity contribution is 0.105. The number of ketones is 1. The number of carbonyl (C=O) groups excluding carboxylic acids is 1. The number of Topliss-reactive ketones (excluding diaryl/α,β-unsaturated/α-hetero) is 1. The van der Waals surface area contributed by atoms with Crippen molar-refractivity contribution in [1.29, 1.82) is 0 Å². The van der Waals surface area contributed by atoms with E-state index in [1.165, 1.54) is 11.8 Å². The van der Waals surface area contributed by atoms with Crippen LogP contribution in [0.1, 0.15) is 23.7 Å². The van der Waals surface area contributed by atoms with E-state index < -0.39 is 0 Å². The molecule has 0 unspecified atom stereocenters. The quantitative estimate of drug-likeness (QED) is 0.594.